The number of hydrogen-bond acceptors (Lipinski definition) is 6. The number of likely N-dealkylation sites (N-methyl/N-ethyl adjacent to an activating group) is 1. The van der Waals surface area contributed by atoms with Crippen LogP contribution in [-0.2, 0) is 22.5 Å². The number of halogens is 1. The number of rotatable bonds is 4. The number of benzene rings is 1. The van der Waals surface area contributed by atoms with E-state index in [1.54, 1.807) is 0 Å². The number of carbonyl (C=O) groups excluding carboxylic acids is 1. The van der Waals surface area contributed by atoms with E-state index >= 15 is 0 Å². The molecule has 1 aliphatic heterocycles. The highest BCUT2D eigenvalue weighted by Crippen LogP contribution is 2.37. The molecule has 3 rings (SSSR count). The number of thioether (sulfide) groups is 1. The zero-order valence-electron chi connectivity index (χ0n) is 14.6. The van der Waals surface area contributed by atoms with Crippen molar-refractivity contribution >= 4 is 29.3 Å². The highest BCUT2D eigenvalue weighted by molar-refractivity contribution is 7.99. The highest BCUT2D eigenvalue weighted by atomic mass is 35.5. The molecule has 0 atom stereocenters. The smallest absolute Gasteiger partial charge is 0.316 e. The summed E-state index contributed by atoms with van der Waals surface area (Å²) in [6.45, 7) is 1.64. The summed E-state index contributed by atoms with van der Waals surface area (Å²) in [5.74, 6) is -0.220. The lowest BCUT2D eigenvalue weighted by atomic mass is 9.92. The lowest BCUT2D eigenvalue weighted by molar-refractivity contribution is -0.137. The second kappa shape index (κ2) is 8.09. The molecule has 7 heteroatoms. The van der Waals surface area contributed by atoms with Crippen LogP contribution in [0.4, 0.5) is 0 Å². The number of carbonyl (C=O) groups is 1. The summed E-state index contributed by atoms with van der Waals surface area (Å²) in [7, 11) is 3.41. The van der Waals surface area contributed by atoms with Crippen molar-refractivity contribution in [3.05, 3.63) is 46.1 Å². The largest absolute Gasteiger partial charge is 0.468 e. The number of pyridine rings is 1. The van der Waals surface area contributed by atoms with Crippen LogP contribution in [0, 0.1) is 11.3 Å². The van der Waals surface area contributed by atoms with Crippen molar-refractivity contribution in [1.29, 1.82) is 5.26 Å². The molecular formula is C19H18ClN3O2S. The molecule has 5 nitrogen and oxygen atoms in total. The monoisotopic (exact) mass is 387 g/mol. The number of esters is 1. The van der Waals surface area contributed by atoms with Crippen LogP contribution in [-0.4, -0.2) is 42.3 Å². The Labute approximate surface area is 161 Å². The predicted octanol–water partition coefficient (Wildman–Crippen LogP) is 3.53. The van der Waals surface area contributed by atoms with E-state index in [2.05, 4.69) is 18.0 Å². The van der Waals surface area contributed by atoms with E-state index in [0.29, 0.717) is 15.6 Å². The minimum Gasteiger partial charge on any atom is -0.468 e. The molecule has 0 spiro atoms. The summed E-state index contributed by atoms with van der Waals surface area (Å²) in [5.41, 5.74) is 4.36. The van der Waals surface area contributed by atoms with Gasteiger partial charge in [0.05, 0.1) is 18.4 Å². The standard InChI is InChI=1S/C19H18ClN3O2S/c1-23-8-7-16-15(10-23)18(12-3-5-13(20)6-4-12)14(9-21)19(22-16)26-11-17(24)25-2/h3-6H,7-8,10-11H2,1-2H3. The molecule has 0 radical (unpaired) electrons. The molecule has 26 heavy (non-hydrogen) atoms. The molecule has 0 N–H and O–H groups in total. The van der Waals surface area contributed by atoms with Crippen LogP contribution in [0.25, 0.3) is 11.1 Å². The molecule has 0 aliphatic carbocycles. The molecule has 0 saturated carbocycles. The number of methoxy groups -OCH3 is 1. The second-order valence-electron chi connectivity index (χ2n) is 6.06. The minimum atomic E-state index is -0.341. The van der Waals surface area contributed by atoms with E-state index in [4.69, 9.17) is 21.3 Å². The van der Waals surface area contributed by atoms with Gasteiger partial charge in [-0.15, -0.1) is 0 Å². The maximum atomic E-state index is 11.5. The quantitative estimate of drug-likeness (QED) is 0.590. The van der Waals surface area contributed by atoms with Crippen LogP contribution in [0.5, 0.6) is 0 Å². The number of nitriles is 1. The number of nitrogens with zero attached hydrogens (tertiary/aromatic N) is 3. The molecule has 0 bridgehead atoms. The summed E-state index contributed by atoms with van der Waals surface area (Å²) in [5, 5.41) is 11.1. The van der Waals surface area contributed by atoms with E-state index in [0.717, 1.165) is 41.9 Å². The maximum absolute atomic E-state index is 11.5. The SMILES string of the molecule is COC(=O)CSc1nc2c(c(-c3ccc(Cl)cc3)c1C#N)CN(C)CC2. The Morgan fingerprint density at radius 1 is 1.42 bits per heavy atom. The van der Waals surface area contributed by atoms with Gasteiger partial charge in [0.1, 0.15) is 11.1 Å². The second-order valence-corrected chi connectivity index (χ2v) is 7.46. The van der Waals surface area contributed by atoms with Crippen molar-refractivity contribution in [1.82, 2.24) is 9.88 Å². The Kier molecular flexibility index (Phi) is 5.82. The van der Waals surface area contributed by atoms with Gasteiger partial charge in [-0.1, -0.05) is 35.5 Å². The van der Waals surface area contributed by atoms with Gasteiger partial charge in [-0.2, -0.15) is 5.26 Å². The molecule has 0 fully saturated rings. The van der Waals surface area contributed by atoms with Crippen molar-refractivity contribution in [3.63, 3.8) is 0 Å². The first kappa shape index (κ1) is 18.7. The first-order chi connectivity index (χ1) is 12.5. The van der Waals surface area contributed by atoms with Crippen LogP contribution in [0.2, 0.25) is 5.02 Å². The number of hydrogen-bond donors (Lipinski definition) is 0. The lowest BCUT2D eigenvalue weighted by Gasteiger charge is -2.28. The Balaban J connectivity index is 2.16. The minimum absolute atomic E-state index is 0.122. The van der Waals surface area contributed by atoms with Crippen molar-refractivity contribution in [2.24, 2.45) is 0 Å². The molecule has 1 aliphatic rings. The van der Waals surface area contributed by atoms with Gasteiger partial charge in [-0.05, 0) is 30.3 Å². The molecule has 1 aromatic heterocycles. The van der Waals surface area contributed by atoms with Gasteiger partial charge in [-0.3, -0.25) is 4.79 Å². The molecular weight excluding hydrogens is 370 g/mol. The molecule has 0 amide bonds. The van der Waals surface area contributed by atoms with Crippen molar-refractivity contribution in [2.75, 3.05) is 26.5 Å². The average Bonchev–Trinajstić information content (AvgIpc) is 2.65. The first-order valence-corrected chi connectivity index (χ1v) is 9.49. The van der Waals surface area contributed by atoms with Crippen LogP contribution >= 0.6 is 23.4 Å². The Morgan fingerprint density at radius 3 is 2.81 bits per heavy atom. The number of ether oxygens (including phenoxy) is 1. The molecule has 0 saturated heterocycles. The van der Waals surface area contributed by atoms with Gasteiger partial charge >= 0.3 is 5.97 Å². The lowest BCUT2D eigenvalue weighted by Crippen LogP contribution is -2.28. The highest BCUT2D eigenvalue weighted by Gasteiger charge is 2.25. The normalized spacial score (nSPS) is 13.8. The molecule has 134 valence electrons. The van der Waals surface area contributed by atoms with E-state index in [1.807, 2.05) is 24.3 Å². The zero-order valence-corrected chi connectivity index (χ0v) is 16.2. The Hall–Kier alpha value is -2.07. The zero-order chi connectivity index (χ0) is 18.7. The summed E-state index contributed by atoms with van der Waals surface area (Å²) >= 11 is 7.27. The topological polar surface area (TPSA) is 66.2 Å². The van der Waals surface area contributed by atoms with Gasteiger partial charge in [0.25, 0.3) is 0 Å². The first-order valence-electron chi connectivity index (χ1n) is 8.13. The molecule has 2 aromatic rings. The fourth-order valence-electron chi connectivity index (χ4n) is 3.00. The summed E-state index contributed by atoms with van der Waals surface area (Å²) in [6.07, 6.45) is 0.809. The van der Waals surface area contributed by atoms with Gasteiger partial charge in [-0.25, -0.2) is 4.98 Å². The maximum Gasteiger partial charge on any atom is 0.316 e. The van der Waals surface area contributed by atoms with E-state index in [-0.39, 0.29) is 11.7 Å². The number of fused-ring (bicyclic) bond motifs is 1. The average molecular weight is 388 g/mol. The fourth-order valence-corrected chi connectivity index (χ4v) is 3.97. The third-order valence-electron chi connectivity index (χ3n) is 4.31. The van der Waals surface area contributed by atoms with E-state index in [1.165, 1.54) is 18.9 Å². The van der Waals surface area contributed by atoms with Gasteiger partial charge in [0, 0.05) is 35.8 Å². The number of aromatic nitrogens is 1. The van der Waals surface area contributed by atoms with Gasteiger partial charge in [0.2, 0.25) is 0 Å². The van der Waals surface area contributed by atoms with Gasteiger partial charge < -0.3 is 9.64 Å². The third kappa shape index (κ3) is 3.85. The van der Waals surface area contributed by atoms with Crippen molar-refractivity contribution in [2.45, 2.75) is 18.0 Å². The molecule has 2 heterocycles. The van der Waals surface area contributed by atoms with Gasteiger partial charge in [0.15, 0.2) is 0 Å². The van der Waals surface area contributed by atoms with Crippen LogP contribution < -0.4 is 0 Å². The van der Waals surface area contributed by atoms with Crippen LogP contribution in [0.15, 0.2) is 29.3 Å². The van der Waals surface area contributed by atoms with Crippen LogP contribution in [0.3, 0.4) is 0 Å². The van der Waals surface area contributed by atoms with Crippen molar-refractivity contribution in [3.8, 4) is 17.2 Å². The Bertz CT molecular complexity index is 878. The summed E-state index contributed by atoms with van der Waals surface area (Å²) in [6, 6.07) is 9.77. The third-order valence-corrected chi connectivity index (χ3v) is 5.51. The van der Waals surface area contributed by atoms with Crippen molar-refractivity contribution < 1.29 is 9.53 Å². The summed E-state index contributed by atoms with van der Waals surface area (Å²) < 4.78 is 4.71. The predicted molar refractivity (Wildman–Crippen MR) is 102 cm³/mol. The van der Waals surface area contributed by atoms with Crippen LogP contribution in [0.1, 0.15) is 16.8 Å². The van der Waals surface area contributed by atoms with E-state index < -0.39 is 0 Å². The summed E-state index contributed by atoms with van der Waals surface area (Å²) in [4.78, 5) is 18.5. The van der Waals surface area contributed by atoms with E-state index in [9.17, 15) is 10.1 Å². The molecule has 1 aromatic carbocycles. The Morgan fingerprint density at radius 2 is 2.15 bits per heavy atom. The molecule has 0 unspecified atom stereocenters. The fraction of sp³-hybridized carbons (Fsp3) is 0.316.